The molecule has 0 aromatic carbocycles. The summed E-state index contributed by atoms with van der Waals surface area (Å²) >= 11 is 0. The fourth-order valence-electron chi connectivity index (χ4n) is 4.03. The lowest BCUT2D eigenvalue weighted by molar-refractivity contribution is 0.120. The second-order valence-corrected chi connectivity index (χ2v) is 6.26. The van der Waals surface area contributed by atoms with Crippen molar-refractivity contribution in [1.82, 2.24) is 9.80 Å². The number of aliphatic imine (C=N–C) groups is 1. The molecule has 5 atom stereocenters. The van der Waals surface area contributed by atoms with Gasteiger partial charge in [-0.05, 0) is 18.4 Å². The van der Waals surface area contributed by atoms with E-state index in [1.54, 1.807) is 0 Å². The summed E-state index contributed by atoms with van der Waals surface area (Å²) in [7, 11) is 2.16. The topological polar surface area (TPSA) is 18.8 Å². The molecule has 0 N–H and O–H groups in total. The average Bonchev–Trinajstić information content (AvgIpc) is 2.61. The molecule has 0 saturated carbocycles. The van der Waals surface area contributed by atoms with Gasteiger partial charge in [0, 0.05) is 44.0 Å². The summed E-state index contributed by atoms with van der Waals surface area (Å²) in [6, 6.07) is 0.523. The molecule has 3 heterocycles. The number of dihydropyridines is 1. The maximum Gasteiger partial charge on any atom is 0.127 e. The average molecular weight is 267 g/mol. The second-order valence-electron chi connectivity index (χ2n) is 6.26. The molecule has 0 amide bonds. The lowest BCUT2D eigenvalue weighted by atomic mass is 9.79. The largest absolute Gasteiger partial charge is 0.377 e. The van der Waals surface area contributed by atoms with Crippen LogP contribution in [0, 0.1) is 17.8 Å². The first-order valence-corrected chi connectivity index (χ1v) is 7.54. The first kappa shape index (κ1) is 12.0. The molecule has 0 radical (unpaired) electrons. The Balaban J connectivity index is 1.76. The summed E-state index contributed by atoms with van der Waals surface area (Å²) in [5.41, 5.74) is 0. The van der Waals surface area contributed by atoms with Crippen LogP contribution in [0.15, 0.2) is 53.8 Å². The maximum atomic E-state index is 4.77. The molecule has 5 unspecified atom stereocenters. The zero-order valence-electron chi connectivity index (χ0n) is 11.8. The Bertz CT molecular complexity index is 528. The van der Waals surface area contributed by atoms with E-state index in [4.69, 9.17) is 4.99 Å². The van der Waals surface area contributed by atoms with E-state index in [0.29, 0.717) is 23.8 Å². The minimum absolute atomic E-state index is 0.280. The van der Waals surface area contributed by atoms with Crippen molar-refractivity contribution in [2.75, 3.05) is 13.6 Å². The van der Waals surface area contributed by atoms with Crippen molar-refractivity contribution in [2.45, 2.75) is 18.6 Å². The zero-order valence-corrected chi connectivity index (χ0v) is 11.8. The fourth-order valence-corrected chi connectivity index (χ4v) is 4.03. The number of likely N-dealkylation sites (N-methyl/N-ethyl adjacent to an activating group) is 1. The molecule has 0 spiro atoms. The number of allylic oxidation sites excluding steroid dienone is 4. The third-order valence-electron chi connectivity index (χ3n) is 5.01. The van der Waals surface area contributed by atoms with Crippen molar-refractivity contribution in [2.24, 2.45) is 22.7 Å². The standard InChI is InChI=1S/C17H21N3/c1-19-9-10-20-16(12-19)15-7-3-2-5-13(15)11-14-6-4-8-18-17(14)20/h2-10,13-17H,11-12H2,1H3. The van der Waals surface area contributed by atoms with Gasteiger partial charge in [0.05, 0.1) is 6.04 Å². The highest BCUT2D eigenvalue weighted by molar-refractivity contribution is 5.72. The van der Waals surface area contributed by atoms with Gasteiger partial charge in [-0.2, -0.15) is 0 Å². The van der Waals surface area contributed by atoms with Crippen LogP contribution in [0.5, 0.6) is 0 Å². The van der Waals surface area contributed by atoms with Crippen LogP contribution in [0.4, 0.5) is 0 Å². The third kappa shape index (κ3) is 1.84. The number of rotatable bonds is 0. The summed E-state index contributed by atoms with van der Waals surface area (Å²) in [4.78, 5) is 9.57. The predicted octanol–water partition coefficient (Wildman–Crippen LogP) is 2.42. The van der Waals surface area contributed by atoms with E-state index >= 15 is 0 Å². The van der Waals surface area contributed by atoms with Gasteiger partial charge < -0.3 is 9.80 Å². The highest BCUT2D eigenvalue weighted by Gasteiger charge is 2.42. The second kappa shape index (κ2) is 4.65. The monoisotopic (exact) mass is 267 g/mol. The lowest BCUT2D eigenvalue weighted by Gasteiger charge is -2.43. The van der Waals surface area contributed by atoms with E-state index in [1.807, 2.05) is 6.21 Å². The Labute approximate surface area is 120 Å². The molecule has 0 bridgehead atoms. The van der Waals surface area contributed by atoms with Gasteiger partial charge in [-0.25, -0.2) is 0 Å². The fraction of sp³-hybridized carbons (Fsp3) is 0.471. The van der Waals surface area contributed by atoms with Gasteiger partial charge in [0.15, 0.2) is 0 Å². The molecule has 20 heavy (non-hydrogen) atoms. The molecule has 3 aliphatic heterocycles. The van der Waals surface area contributed by atoms with Crippen molar-refractivity contribution in [1.29, 1.82) is 0 Å². The molecular weight excluding hydrogens is 246 g/mol. The summed E-state index contributed by atoms with van der Waals surface area (Å²) in [5, 5.41) is 0. The first-order chi connectivity index (χ1) is 9.83. The van der Waals surface area contributed by atoms with Gasteiger partial charge in [0.25, 0.3) is 0 Å². The molecular formula is C17H21N3. The molecule has 4 rings (SSSR count). The summed E-state index contributed by atoms with van der Waals surface area (Å²) in [5.74, 6) is 1.77. The number of nitrogens with zero attached hydrogens (tertiary/aromatic N) is 3. The molecule has 104 valence electrons. The van der Waals surface area contributed by atoms with Gasteiger partial charge in [-0.1, -0.05) is 30.4 Å². The van der Waals surface area contributed by atoms with Crippen LogP contribution in [0.1, 0.15) is 6.42 Å². The van der Waals surface area contributed by atoms with Crippen LogP contribution < -0.4 is 0 Å². The molecule has 1 fully saturated rings. The van der Waals surface area contributed by atoms with Gasteiger partial charge in [0.2, 0.25) is 0 Å². The Hall–Kier alpha value is -1.77. The van der Waals surface area contributed by atoms with Crippen LogP contribution in [0.25, 0.3) is 0 Å². The Morgan fingerprint density at radius 3 is 2.80 bits per heavy atom. The maximum absolute atomic E-state index is 4.77. The van der Waals surface area contributed by atoms with E-state index in [9.17, 15) is 0 Å². The van der Waals surface area contributed by atoms with E-state index in [2.05, 4.69) is 65.7 Å². The molecule has 1 saturated heterocycles. The lowest BCUT2D eigenvalue weighted by Crippen LogP contribution is -2.51. The highest BCUT2D eigenvalue weighted by Crippen LogP contribution is 2.40. The van der Waals surface area contributed by atoms with Crippen LogP contribution in [-0.2, 0) is 0 Å². The Morgan fingerprint density at radius 1 is 1.00 bits per heavy atom. The molecule has 1 aliphatic carbocycles. The van der Waals surface area contributed by atoms with E-state index in [-0.39, 0.29) is 6.17 Å². The molecule has 3 nitrogen and oxygen atoms in total. The summed E-state index contributed by atoms with van der Waals surface area (Å²) in [6.45, 7) is 1.08. The normalized spacial score (nSPS) is 41.1. The molecule has 4 aliphatic rings. The van der Waals surface area contributed by atoms with Crippen molar-refractivity contribution in [3.05, 3.63) is 48.9 Å². The van der Waals surface area contributed by atoms with Crippen LogP contribution >= 0.6 is 0 Å². The Morgan fingerprint density at radius 2 is 1.85 bits per heavy atom. The van der Waals surface area contributed by atoms with Crippen molar-refractivity contribution in [3.8, 4) is 0 Å². The SMILES string of the molecule is CN1C=CN2C(C1)C1C=CC=CC1CC1C=CC=NC12. The number of fused-ring (bicyclic) bond motifs is 5. The van der Waals surface area contributed by atoms with E-state index in [0.717, 1.165) is 6.54 Å². The molecule has 3 heteroatoms. The summed E-state index contributed by atoms with van der Waals surface area (Å²) < 4.78 is 0. The third-order valence-corrected chi connectivity index (χ3v) is 5.01. The summed E-state index contributed by atoms with van der Waals surface area (Å²) in [6.07, 6.45) is 21.6. The van der Waals surface area contributed by atoms with Crippen LogP contribution in [0.3, 0.4) is 0 Å². The Kier molecular flexibility index (Phi) is 2.79. The first-order valence-electron chi connectivity index (χ1n) is 7.54. The smallest absolute Gasteiger partial charge is 0.127 e. The quantitative estimate of drug-likeness (QED) is 0.671. The van der Waals surface area contributed by atoms with Crippen molar-refractivity contribution in [3.63, 3.8) is 0 Å². The number of hydrogen-bond donors (Lipinski definition) is 0. The van der Waals surface area contributed by atoms with Crippen molar-refractivity contribution >= 4 is 6.21 Å². The van der Waals surface area contributed by atoms with Gasteiger partial charge >= 0.3 is 0 Å². The van der Waals surface area contributed by atoms with Crippen LogP contribution in [-0.4, -0.2) is 41.8 Å². The molecule has 0 aromatic heterocycles. The van der Waals surface area contributed by atoms with Gasteiger partial charge in [0.1, 0.15) is 6.17 Å². The zero-order chi connectivity index (χ0) is 13.5. The minimum atomic E-state index is 0.280. The number of hydrogen-bond acceptors (Lipinski definition) is 3. The minimum Gasteiger partial charge on any atom is -0.377 e. The van der Waals surface area contributed by atoms with Gasteiger partial charge in [-0.3, -0.25) is 4.99 Å². The van der Waals surface area contributed by atoms with Crippen LogP contribution in [0.2, 0.25) is 0 Å². The van der Waals surface area contributed by atoms with E-state index < -0.39 is 0 Å². The van der Waals surface area contributed by atoms with Gasteiger partial charge in [-0.15, -0.1) is 0 Å². The van der Waals surface area contributed by atoms with Crippen molar-refractivity contribution < 1.29 is 0 Å². The highest BCUT2D eigenvalue weighted by atomic mass is 15.3. The predicted molar refractivity (Wildman–Crippen MR) is 82.2 cm³/mol. The molecule has 0 aromatic rings. The van der Waals surface area contributed by atoms with E-state index in [1.165, 1.54) is 6.42 Å².